The van der Waals surface area contributed by atoms with Gasteiger partial charge in [0.2, 0.25) is 0 Å². The summed E-state index contributed by atoms with van der Waals surface area (Å²) in [5.74, 6) is 0.738. The van der Waals surface area contributed by atoms with Crippen molar-refractivity contribution in [2.24, 2.45) is 10.9 Å². The van der Waals surface area contributed by atoms with Crippen LogP contribution in [0, 0.1) is 18.7 Å². The zero-order valence-corrected chi connectivity index (χ0v) is 26.8. The number of urea groups is 1. The maximum atomic E-state index is 15.1. The second kappa shape index (κ2) is 13.2. The van der Waals surface area contributed by atoms with Gasteiger partial charge in [-0.3, -0.25) is 9.69 Å². The highest BCUT2D eigenvalue weighted by molar-refractivity contribution is 7.12. The van der Waals surface area contributed by atoms with Gasteiger partial charge in [-0.2, -0.15) is 0 Å². The fourth-order valence-corrected chi connectivity index (χ4v) is 7.18. The van der Waals surface area contributed by atoms with Gasteiger partial charge in [0.15, 0.2) is 11.6 Å². The third kappa shape index (κ3) is 6.27. The average molecular weight is 636 g/mol. The first-order valence-corrected chi connectivity index (χ1v) is 16.1. The molecule has 1 unspecified atom stereocenters. The third-order valence-electron chi connectivity index (χ3n) is 8.36. The van der Waals surface area contributed by atoms with E-state index < -0.39 is 11.8 Å². The number of nitrogens with zero attached hydrogens (tertiary/aromatic N) is 3. The summed E-state index contributed by atoms with van der Waals surface area (Å²) in [5, 5.41) is 6.57. The van der Waals surface area contributed by atoms with E-state index in [0.29, 0.717) is 52.5 Å². The molecule has 1 atom stereocenters. The topological polar surface area (TPSA) is 105 Å². The number of halogens is 1. The van der Waals surface area contributed by atoms with Crippen LogP contribution < -0.4 is 25.3 Å². The standard InChI is InChI=1S/C33H38FN5O5S/c1-19-7-8-24(23(34)16-19)39-31-26-27(37-33(39)41)30(45-29(26)20(2)6-5-9-35-31)32(40)36-22-17-21(3)28(25(18-22)42-4)44-15-12-38-10-13-43-14-11-38/h7-9,16,18,21H,5-6,10-15,17H2,1-4H3,(H,36,40)(H,37,41)/b29-20-,35-9-. The van der Waals surface area contributed by atoms with Crippen LogP contribution in [-0.2, 0) is 14.2 Å². The summed E-state index contributed by atoms with van der Waals surface area (Å²) in [6.07, 6.45) is 5.50. The van der Waals surface area contributed by atoms with Crippen LogP contribution in [0.25, 0.3) is 11.4 Å². The van der Waals surface area contributed by atoms with Crippen LogP contribution in [0.15, 0.2) is 46.5 Å². The Morgan fingerprint density at radius 2 is 2.07 bits per heavy atom. The zero-order chi connectivity index (χ0) is 31.7. The maximum absolute atomic E-state index is 15.1. The molecule has 1 aromatic carbocycles. The van der Waals surface area contributed by atoms with Crippen molar-refractivity contribution in [1.29, 1.82) is 0 Å². The Kier molecular flexibility index (Phi) is 9.06. The molecule has 4 aliphatic rings. The lowest BCUT2D eigenvalue weighted by atomic mass is 9.96. The number of aliphatic imine (C=N–C) groups is 1. The number of thiophene rings is 1. The molecule has 1 saturated heterocycles. The summed E-state index contributed by atoms with van der Waals surface area (Å²) in [6.45, 7) is 10.4. The first-order chi connectivity index (χ1) is 21.7. The first-order valence-electron chi connectivity index (χ1n) is 15.2. The number of allylic oxidation sites excluding steroid dienone is 3. The van der Waals surface area contributed by atoms with E-state index in [1.54, 1.807) is 38.5 Å². The Hall–Kier alpha value is -4.00. The third-order valence-corrected chi connectivity index (χ3v) is 9.71. The predicted octanol–water partition coefficient (Wildman–Crippen LogP) is 4.21. The van der Waals surface area contributed by atoms with Gasteiger partial charge in [-0.25, -0.2) is 19.1 Å². The van der Waals surface area contributed by atoms with E-state index in [9.17, 15) is 9.59 Å². The molecule has 238 valence electrons. The van der Waals surface area contributed by atoms with Gasteiger partial charge in [0.25, 0.3) is 5.91 Å². The van der Waals surface area contributed by atoms with E-state index in [1.807, 2.05) is 13.8 Å². The number of anilines is 2. The highest BCUT2D eigenvalue weighted by Crippen LogP contribution is 2.33. The Morgan fingerprint density at radius 3 is 2.82 bits per heavy atom. The van der Waals surface area contributed by atoms with Crippen molar-refractivity contribution in [1.82, 2.24) is 10.2 Å². The molecular weight excluding hydrogens is 597 g/mol. The molecule has 2 aromatic rings. The highest BCUT2D eigenvalue weighted by Gasteiger charge is 2.34. The van der Waals surface area contributed by atoms with E-state index in [4.69, 9.17) is 14.2 Å². The van der Waals surface area contributed by atoms with E-state index in [0.717, 1.165) is 60.7 Å². The van der Waals surface area contributed by atoms with Crippen molar-refractivity contribution in [3.05, 3.63) is 67.5 Å². The lowest BCUT2D eigenvalue weighted by Crippen LogP contribution is -2.46. The van der Waals surface area contributed by atoms with Crippen molar-refractivity contribution in [3.8, 4) is 0 Å². The molecule has 1 fully saturated rings. The number of methoxy groups -OCH3 is 1. The first kappa shape index (κ1) is 31.0. The van der Waals surface area contributed by atoms with Crippen LogP contribution in [0.2, 0.25) is 0 Å². The predicted molar refractivity (Wildman–Crippen MR) is 173 cm³/mol. The number of morpholine rings is 1. The molecule has 10 nitrogen and oxygen atoms in total. The molecule has 2 N–H and O–H groups in total. The molecule has 3 amide bonds. The summed E-state index contributed by atoms with van der Waals surface area (Å²) < 4.78 is 33.3. The lowest BCUT2D eigenvalue weighted by Gasteiger charge is -2.29. The molecule has 0 saturated carbocycles. The Bertz CT molecular complexity index is 1740. The molecule has 0 bridgehead atoms. The number of benzene rings is 1. The van der Waals surface area contributed by atoms with Gasteiger partial charge in [-0.05, 0) is 50.8 Å². The number of carbonyl (C=O) groups excluding carboxylic acids is 2. The number of hydrogen-bond donors (Lipinski definition) is 2. The molecule has 1 aromatic heterocycles. The molecule has 4 heterocycles. The molecule has 1 aliphatic carbocycles. The normalized spacial score (nSPS) is 22.2. The zero-order valence-electron chi connectivity index (χ0n) is 26.0. The number of amides is 3. The molecule has 45 heavy (non-hydrogen) atoms. The van der Waals surface area contributed by atoms with Gasteiger partial charge in [0.05, 0.1) is 36.9 Å². The summed E-state index contributed by atoms with van der Waals surface area (Å²) in [4.78, 5) is 36.0. The number of ether oxygens (including phenoxy) is 3. The average Bonchev–Trinajstić information content (AvgIpc) is 3.39. The van der Waals surface area contributed by atoms with Gasteiger partial charge in [0.1, 0.15) is 23.1 Å². The van der Waals surface area contributed by atoms with Crippen LogP contribution in [0.4, 0.5) is 20.6 Å². The quantitative estimate of drug-likeness (QED) is 0.451. The fourth-order valence-electron chi connectivity index (χ4n) is 6.01. The van der Waals surface area contributed by atoms with Gasteiger partial charge < -0.3 is 24.8 Å². The molecule has 0 spiro atoms. The van der Waals surface area contributed by atoms with Crippen molar-refractivity contribution in [3.63, 3.8) is 0 Å². The minimum atomic E-state index is -0.581. The largest absolute Gasteiger partial charge is 0.493 e. The number of carbonyl (C=O) groups is 2. The highest BCUT2D eigenvalue weighted by atomic mass is 32.1. The van der Waals surface area contributed by atoms with E-state index >= 15 is 4.39 Å². The van der Waals surface area contributed by atoms with Crippen molar-refractivity contribution < 1.29 is 28.2 Å². The second-order valence-corrected chi connectivity index (χ2v) is 12.7. The van der Waals surface area contributed by atoms with Crippen LogP contribution in [0.3, 0.4) is 0 Å². The number of hydrogen-bond acceptors (Lipinski definition) is 8. The Labute approximate surface area is 265 Å². The molecule has 6 rings (SSSR count). The SMILES string of the molecule is COC1=C(OCCN2CCOCC2)C(C)CC(NC(=O)c2s/c3c4c2NC(=O)N(c2ccc(C)cc2F)C=4/N=C\CC/C=3C)=C1. The Morgan fingerprint density at radius 1 is 1.27 bits per heavy atom. The summed E-state index contributed by atoms with van der Waals surface area (Å²) >= 11 is 1.31. The summed E-state index contributed by atoms with van der Waals surface area (Å²) in [5.41, 5.74) is 2.97. The molecule has 0 radical (unpaired) electrons. The smallest absolute Gasteiger partial charge is 0.332 e. The summed E-state index contributed by atoms with van der Waals surface area (Å²) in [6, 6.07) is 4.13. The van der Waals surface area contributed by atoms with Gasteiger partial charge in [-0.15, -0.1) is 11.3 Å². The van der Waals surface area contributed by atoms with Crippen LogP contribution >= 0.6 is 11.3 Å². The summed E-state index contributed by atoms with van der Waals surface area (Å²) in [7, 11) is 1.59. The van der Waals surface area contributed by atoms with Gasteiger partial charge in [0, 0.05) is 48.1 Å². The molecular formula is C33H38FN5O5S. The minimum Gasteiger partial charge on any atom is -0.493 e. The van der Waals surface area contributed by atoms with Crippen LogP contribution in [0.1, 0.15) is 48.3 Å². The lowest BCUT2D eigenvalue weighted by molar-refractivity contribution is 0.0245. The monoisotopic (exact) mass is 635 g/mol. The number of rotatable bonds is 8. The number of aryl methyl sites for hydroxylation is 1. The van der Waals surface area contributed by atoms with Crippen molar-refractivity contribution in [2.45, 2.75) is 40.0 Å². The van der Waals surface area contributed by atoms with Crippen LogP contribution in [0.5, 0.6) is 0 Å². The van der Waals surface area contributed by atoms with Gasteiger partial charge in [-0.1, -0.05) is 18.6 Å². The van der Waals surface area contributed by atoms with E-state index in [2.05, 4.69) is 20.5 Å². The number of nitrogens with one attached hydrogen (secondary N) is 2. The van der Waals surface area contributed by atoms with E-state index in [1.165, 1.54) is 22.3 Å². The fraction of sp³-hybridized carbons (Fsp3) is 0.424. The molecule has 3 aliphatic heterocycles. The van der Waals surface area contributed by atoms with Crippen LogP contribution in [-0.4, -0.2) is 69.6 Å². The minimum absolute atomic E-state index is 0.0191. The van der Waals surface area contributed by atoms with Gasteiger partial charge >= 0.3 is 6.03 Å². The Balaban J connectivity index is 1.31. The van der Waals surface area contributed by atoms with E-state index in [-0.39, 0.29) is 17.5 Å². The van der Waals surface area contributed by atoms with Crippen molar-refractivity contribution >= 4 is 52.3 Å². The maximum Gasteiger partial charge on any atom is 0.332 e. The second-order valence-electron chi connectivity index (χ2n) is 11.6. The van der Waals surface area contributed by atoms with Crippen molar-refractivity contribution in [2.75, 3.05) is 56.8 Å². The molecule has 12 heteroatoms.